The van der Waals surface area contributed by atoms with Crippen LogP contribution in [0.5, 0.6) is 0 Å². The lowest BCUT2D eigenvalue weighted by molar-refractivity contribution is 0.504. The van der Waals surface area contributed by atoms with Crippen LogP contribution in [0.2, 0.25) is 0 Å². The fraction of sp³-hybridized carbons (Fsp3) is 0.583. The lowest BCUT2D eigenvalue weighted by Gasteiger charge is -2.19. The summed E-state index contributed by atoms with van der Waals surface area (Å²) in [6.07, 6.45) is 11.4. The molecule has 2 rings (SSSR count). The first-order chi connectivity index (χ1) is 7.88. The standard InChI is InChI=1S/C12H19N3S/c13-15-11(9-12-14-6-7-16-12)8-10-4-2-1-3-5-10/h4,6-7,11,15H,1-3,5,8-9,13H2. The van der Waals surface area contributed by atoms with Gasteiger partial charge in [-0.3, -0.25) is 11.3 Å². The maximum absolute atomic E-state index is 5.61. The Labute approximate surface area is 101 Å². The van der Waals surface area contributed by atoms with Gasteiger partial charge in [0, 0.05) is 24.0 Å². The molecule has 88 valence electrons. The summed E-state index contributed by atoms with van der Waals surface area (Å²) in [6, 6.07) is 0.329. The molecule has 1 unspecified atom stereocenters. The summed E-state index contributed by atoms with van der Waals surface area (Å²) in [5.41, 5.74) is 4.47. The molecule has 0 spiro atoms. The van der Waals surface area contributed by atoms with Crippen LogP contribution < -0.4 is 11.3 Å². The van der Waals surface area contributed by atoms with Crippen molar-refractivity contribution in [2.24, 2.45) is 5.84 Å². The molecule has 0 saturated heterocycles. The van der Waals surface area contributed by atoms with Gasteiger partial charge in [0.2, 0.25) is 0 Å². The molecule has 0 aliphatic heterocycles. The Morgan fingerprint density at radius 3 is 3.00 bits per heavy atom. The van der Waals surface area contributed by atoms with E-state index >= 15 is 0 Å². The molecule has 1 atom stereocenters. The molecule has 1 aromatic rings. The van der Waals surface area contributed by atoms with Gasteiger partial charge >= 0.3 is 0 Å². The van der Waals surface area contributed by atoms with Crippen LogP contribution in [0.3, 0.4) is 0 Å². The average Bonchev–Trinajstić information content (AvgIpc) is 2.82. The van der Waals surface area contributed by atoms with E-state index in [0.717, 1.165) is 12.8 Å². The molecule has 3 nitrogen and oxygen atoms in total. The second kappa shape index (κ2) is 6.13. The van der Waals surface area contributed by atoms with E-state index in [9.17, 15) is 0 Å². The van der Waals surface area contributed by atoms with Gasteiger partial charge in [0.15, 0.2) is 0 Å². The van der Waals surface area contributed by atoms with E-state index in [4.69, 9.17) is 5.84 Å². The normalized spacial score (nSPS) is 18.2. The summed E-state index contributed by atoms with van der Waals surface area (Å²) in [5, 5.41) is 3.18. The fourth-order valence-electron chi connectivity index (χ4n) is 2.16. The average molecular weight is 237 g/mol. The lowest BCUT2D eigenvalue weighted by Crippen LogP contribution is -2.37. The van der Waals surface area contributed by atoms with E-state index in [1.165, 1.54) is 30.7 Å². The van der Waals surface area contributed by atoms with Crippen LogP contribution in [0.25, 0.3) is 0 Å². The van der Waals surface area contributed by atoms with Crippen LogP contribution in [0, 0.1) is 0 Å². The molecule has 1 aliphatic carbocycles. The van der Waals surface area contributed by atoms with E-state index in [1.807, 2.05) is 11.6 Å². The molecule has 0 saturated carbocycles. The highest BCUT2D eigenvalue weighted by atomic mass is 32.1. The smallest absolute Gasteiger partial charge is 0.0940 e. The van der Waals surface area contributed by atoms with Crippen LogP contribution >= 0.6 is 11.3 Å². The lowest BCUT2D eigenvalue weighted by atomic mass is 9.93. The van der Waals surface area contributed by atoms with Crippen molar-refractivity contribution < 1.29 is 0 Å². The van der Waals surface area contributed by atoms with E-state index in [1.54, 1.807) is 16.9 Å². The van der Waals surface area contributed by atoms with Crippen molar-refractivity contribution in [3.8, 4) is 0 Å². The van der Waals surface area contributed by atoms with Crippen LogP contribution in [-0.4, -0.2) is 11.0 Å². The van der Waals surface area contributed by atoms with Crippen molar-refractivity contribution in [1.29, 1.82) is 0 Å². The largest absolute Gasteiger partial charge is 0.271 e. The first-order valence-corrected chi connectivity index (χ1v) is 6.79. The highest BCUT2D eigenvalue weighted by molar-refractivity contribution is 7.09. The highest BCUT2D eigenvalue weighted by Gasteiger charge is 2.13. The summed E-state index contributed by atoms with van der Waals surface area (Å²) in [7, 11) is 0. The Kier molecular flexibility index (Phi) is 4.51. The predicted octanol–water partition coefficient (Wildman–Crippen LogP) is 2.41. The number of hydrogen-bond acceptors (Lipinski definition) is 4. The maximum atomic E-state index is 5.61. The summed E-state index contributed by atoms with van der Waals surface area (Å²) in [4.78, 5) is 4.30. The maximum Gasteiger partial charge on any atom is 0.0940 e. The first-order valence-electron chi connectivity index (χ1n) is 5.91. The molecule has 0 fully saturated rings. The van der Waals surface area contributed by atoms with Crippen LogP contribution in [0.15, 0.2) is 23.2 Å². The molecule has 3 N–H and O–H groups in total. The third kappa shape index (κ3) is 3.40. The molecule has 0 radical (unpaired) electrons. The quantitative estimate of drug-likeness (QED) is 0.470. The zero-order chi connectivity index (χ0) is 11.2. The number of hydrazine groups is 1. The van der Waals surface area contributed by atoms with Crippen molar-refractivity contribution in [3.63, 3.8) is 0 Å². The minimum Gasteiger partial charge on any atom is -0.271 e. The van der Waals surface area contributed by atoms with Gasteiger partial charge in [-0.1, -0.05) is 11.6 Å². The van der Waals surface area contributed by atoms with Crippen molar-refractivity contribution >= 4 is 11.3 Å². The number of rotatable bonds is 5. The van der Waals surface area contributed by atoms with Gasteiger partial charge in [0.25, 0.3) is 0 Å². The van der Waals surface area contributed by atoms with Gasteiger partial charge in [-0.15, -0.1) is 11.3 Å². The summed E-state index contributed by atoms with van der Waals surface area (Å²) in [6.45, 7) is 0. The van der Waals surface area contributed by atoms with E-state index < -0.39 is 0 Å². The molecule has 0 amide bonds. The van der Waals surface area contributed by atoms with Crippen molar-refractivity contribution in [1.82, 2.24) is 10.4 Å². The Morgan fingerprint density at radius 2 is 2.38 bits per heavy atom. The first kappa shape index (κ1) is 11.8. The molecule has 1 aromatic heterocycles. The topological polar surface area (TPSA) is 50.9 Å². The van der Waals surface area contributed by atoms with Gasteiger partial charge in [0.05, 0.1) is 5.01 Å². The number of hydrogen-bond donors (Lipinski definition) is 2. The monoisotopic (exact) mass is 237 g/mol. The van der Waals surface area contributed by atoms with Crippen LogP contribution in [0.4, 0.5) is 0 Å². The zero-order valence-corrected chi connectivity index (χ0v) is 10.3. The number of allylic oxidation sites excluding steroid dienone is 1. The van der Waals surface area contributed by atoms with Crippen molar-refractivity contribution in [2.75, 3.05) is 0 Å². The van der Waals surface area contributed by atoms with Crippen molar-refractivity contribution in [3.05, 3.63) is 28.2 Å². The SMILES string of the molecule is NNC(CC1=CCCCC1)Cc1nccs1. The van der Waals surface area contributed by atoms with Crippen molar-refractivity contribution in [2.45, 2.75) is 44.6 Å². The van der Waals surface area contributed by atoms with E-state index in [2.05, 4.69) is 16.5 Å². The second-order valence-electron chi connectivity index (χ2n) is 4.31. The summed E-state index contributed by atoms with van der Waals surface area (Å²) in [5.74, 6) is 5.61. The molecule has 4 heteroatoms. The van der Waals surface area contributed by atoms with Crippen LogP contribution in [0.1, 0.15) is 37.1 Å². The fourth-order valence-corrected chi connectivity index (χ4v) is 2.86. The summed E-state index contributed by atoms with van der Waals surface area (Å²) >= 11 is 1.70. The summed E-state index contributed by atoms with van der Waals surface area (Å²) < 4.78 is 0. The third-order valence-corrected chi connectivity index (χ3v) is 3.84. The highest BCUT2D eigenvalue weighted by Crippen LogP contribution is 2.22. The number of nitrogens with two attached hydrogens (primary N) is 1. The Bertz CT molecular complexity index is 332. The molecular formula is C12H19N3S. The molecule has 16 heavy (non-hydrogen) atoms. The number of nitrogens with zero attached hydrogens (tertiary/aromatic N) is 1. The number of aromatic nitrogens is 1. The Hall–Kier alpha value is -0.710. The minimum absolute atomic E-state index is 0.329. The molecule has 1 heterocycles. The van der Waals surface area contributed by atoms with E-state index in [-0.39, 0.29) is 0 Å². The zero-order valence-electron chi connectivity index (χ0n) is 9.48. The third-order valence-electron chi connectivity index (χ3n) is 3.03. The molecule has 1 aliphatic rings. The van der Waals surface area contributed by atoms with Gasteiger partial charge in [0.1, 0.15) is 0 Å². The number of thiazole rings is 1. The second-order valence-corrected chi connectivity index (χ2v) is 5.28. The van der Waals surface area contributed by atoms with Gasteiger partial charge in [-0.25, -0.2) is 4.98 Å². The van der Waals surface area contributed by atoms with Gasteiger partial charge in [-0.05, 0) is 32.1 Å². The molecule has 0 aromatic carbocycles. The molecule has 0 bridgehead atoms. The predicted molar refractivity (Wildman–Crippen MR) is 68.1 cm³/mol. The number of nitrogens with one attached hydrogen (secondary N) is 1. The van der Waals surface area contributed by atoms with Gasteiger partial charge < -0.3 is 0 Å². The minimum atomic E-state index is 0.329. The van der Waals surface area contributed by atoms with Gasteiger partial charge in [-0.2, -0.15) is 0 Å². The molecular weight excluding hydrogens is 218 g/mol. The Morgan fingerprint density at radius 1 is 1.44 bits per heavy atom. The van der Waals surface area contributed by atoms with Crippen LogP contribution in [-0.2, 0) is 6.42 Å². The Balaban J connectivity index is 1.87. The van der Waals surface area contributed by atoms with E-state index in [0.29, 0.717) is 6.04 Å².